The van der Waals surface area contributed by atoms with E-state index in [0.717, 1.165) is 12.0 Å². The second-order valence-corrected chi connectivity index (χ2v) is 10.5. The zero-order valence-corrected chi connectivity index (χ0v) is 22.2. The van der Waals surface area contributed by atoms with Gasteiger partial charge in [0, 0.05) is 12.1 Å². The smallest absolute Gasteiger partial charge is 0.404 e. The van der Waals surface area contributed by atoms with Crippen LogP contribution in [0.1, 0.15) is 29.8 Å². The van der Waals surface area contributed by atoms with Crippen LogP contribution in [0.2, 0.25) is 0 Å². The lowest BCUT2D eigenvalue weighted by atomic mass is 10.1. The summed E-state index contributed by atoms with van der Waals surface area (Å²) in [4.78, 5) is 24.8. The fourth-order valence-electron chi connectivity index (χ4n) is 3.66. The number of nitrogens with one attached hydrogen (secondary N) is 1. The second-order valence-electron chi connectivity index (χ2n) is 8.59. The molecule has 0 fully saturated rings. The highest BCUT2D eigenvalue weighted by molar-refractivity contribution is 7.54. The van der Waals surface area contributed by atoms with E-state index >= 15 is 0 Å². The highest BCUT2D eigenvalue weighted by atomic mass is 31.2. The van der Waals surface area contributed by atoms with Gasteiger partial charge in [0.25, 0.3) is 5.91 Å². The summed E-state index contributed by atoms with van der Waals surface area (Å²) in [6.07, 6.45) is 3.19. The summed E-state index contributed by atoms with van der Waals surface area (Å²) in [6, 6.07) is 16.1. The molecular formula is C26H31N6O5P. The monoisotopic (exact) mass is 538 g/mol. The first kappa shape index (κ1) is 27.3. The molecule has 2 heterocycles. The minimum atomic E-state index is -3.73. The SMILES string of the molecule is CCc1ccc(C(=O)NCCOP(=O)(COC(C)Cn2cnc3c(N)ncnc32)Oc2ccccc2)cc1. The summed E-state index contributed by atoms with van der Waals surface area (Å²) in [5, 5.41) is 2.78. The number of benzene rings is 2. The largest absolute Gasteiger partial charge is 0.423 e. The first-order valence-corrected chi connectivity index (χ1v) is 14.0. The van der Waals surface area contributed by atoms with E-state index in [-0.39, 0.29) is 31.5 Å². The fraction of sp³-hybridized carbons (Fsp3) is 0.308. The number of carbonyl (C=O) groups is 1. The number of nitrogens with two attached hydrogens (primary N) is 1. The van der Waals surface area contributed by atoms with Gasteiger partial charge in [-0.25, -0.2) is 19.5 Å². The van der Waals surface area contributed by atoms with Gasteiger partial charge in [-0.2, -0.15) is 0 Å². The summed E-state index contributed by atoms with van der Waals surface area (Å²) >= 11 is 0. The zero-order valence-electron chi connectivity index (χ0n) is 21.3. The topological polar surface area (TPSA) is 143 Å². The Kier molecular flexibility index (Phi) is 9.06. The molecular weight excluding hydrogens is 507 g/mol. The molecule has 2 unspecified atom stereocenters. The van der Waals surface area contributed by atoms with Crippen molar-refractivity contribution < 1.29 is 23.1 Å². The van der Waals surface area contributed by atoms with Crippen LogP contribution in [0.5, 0.6) is 5.75 Å². The van der Waals surface area contributed by atoms with Gasteiger partial charge in [-0.15, -0.1) is 0 Å². The van der Waals surface area contributed by atoms with Gasteiger partial charge in [0.1, 0.15) is 17.6 Å². The van der Waals surface area contributed by atoms with E-state index in [1.807, 2.05) is 25.1 Å². The van der Waals surface area contributed by atoms with Crippen molar-refractivity contribution in [1.82, 2.24) is 24.8 Å². The van der Waals surface area contributed by atoms with Crippen molar-refractivity contribution in [3.8, 4) is 5.75 Å². The van der Waals surface area contributed by atoms with Crippen LogP contribution in [0, 0.1) is 0 Å². The molecule has 0 aliphatic heterocycles. The van der Waals surface area contributed by atoms with Crippen molar-refractivity contribution in [3.05, 3.63) is 78.4 Å². The van der Waals surface area contributed by atoms with Gasteiger partial charge in [-0.05, 0) is 43.2 Å². The zero-order chi connectivity index (χ0) is 27.0. The van der Waals surface area contributed by atoms with Crippen molar-refractivity contribution in [2.75, 3.05) is 25.2 Å². The normalized spacial score (nSPS) is 13.6. The molecule has 2 aromatic heterocycles. The number of aromatic nitrogens is 4. The van der Waals surface area contributed by atoms with E-state index in [0.29, 0.717) is 34.8 Å². The lowest BCUT2D eigenvalue weighted by Gasteiger charge is -2.22. The Bertz CT molecular complexity index is 1400. The quantitative estimate of drug-likeness (QED) is 0.190. The molecule has 200 valence electrons. The Hall–Kier alpha value is -3.79. The number of para-hydroxylation sites is 1. The van der Waals surface area contributed by atoms with Gasteiger partial charge in [0.2, 0.25) is 0 Å². The number of hydrogen-bond donors (Lipinski definition) is 2. The fourth-order valence-corrected chi connectivity index (χ4v) is 5.09. The van der Waals surface area contributed by atoms with Crippen LogP contribution < -0.4 is 15.6 Å². The number of ether oxygens (including phenoxy) is 1. The Morgan fingerprint density at radius 1 is 1.11 bits per heavy atom. The first-order valence-electron chi connectivity index (χ1n) is 12.2. The Morgan fingerprint density at radius 2 is 1.87 bits per heavy atom. The molecule has 0 radical (unpaired) electrons. The number of aryl methyl sites for hydroxylation is 1. The molecule has 2 atom stereocenters. The predicted molar refractivity (Wildman–Crippen MR) is 144 cm³/mol. The number of imidazole rings is 1. The first-order chi connectivity index (χ1) is 18.4. The molecule has 4 rings (SSSR count). The lowest BCUT2D eigenvalue weighted by molar-refractivity contribution is 0.0726. The minimum absolute atomic E-state index is 0.0248. The van der Waals surface area contributed by atoms with Gasteiger partial charge in [0.05, 0.1) is 25.6 Å². The molecule has 0 saturated carbocycles. The van der Waals surface area contributed by atoms with Crippen molar-refractivity contribution in [3.63, 3.8) is 0 Å². The second kappa shape index (κ2) is 12.6. The molecule has 38 heavy (non-hydrogen) atoms. The highest BCUT2D eigenvalue weighted by Gasteiger charge is 2.28. The number of hydrogen-bond acceptors (Lipinski definition) is 9. The van der Waals surface area contributed by atoms with E-state index in [1.165, 1.54) is 6.33 Å². The van der Waals surface area contributed by atoms with Crippen LogP contribution in [-0.4, -0.2) is 51.0 Å². The summed E-state index contributed by atoms with van der Waals surface area (Å²) in [6.45, 7) is 4.38. The summed E-state index contributed by atoms with van der Waals surface area (Å²) in [5.41, 5.74) is 8.63. The minimum Gasteiger partial charge on any atom is -0.423 e. The Labute approximate surface area is 220 Å². The number of nitrogen functional groups attached to an aromatic ring is 1. The van der Waals surface area contributed by atoms with Gasteiger partial charge >= 0.3 is 7.60 Å². The van der Waals surface area contributed by atoms with Crippen LogP contribution >= 0.6 is 7.60 Å². The molecule has 0 bridgehead atoms. The maximum Gasteiger partial charge on any atom is 0.404 e. The van der Waals surface area contributed by atoms with Gasteiger partial charge in [0.15, 0.2) is 17.8 Å². The number of amides is 1. The summed E-state index contributed by atoms with van der Waals surface area (Å²) in [7, 11) is -3.73. The van der Waals surface area contributed by atoms with Crippen molar-refractivity contribution in [1.29, 1.82) is 0 Å². The van der Waals surface area contributed by atoms with Crippen LogP contribution in [0.3, 0.4) is 0 Å². The predicted octanol–water partition coefficient (Wildman–Crippen LogP) is 4.05. The van der Waals surface area contributed by atoms with E-state index in [9.17, 15) is 9.36 Å². The average molecular weight is 539 g/mol. The van der Waals surface area contributed by atoms with Crippen LogP contribution in [0.15, 0.2) is 67.3 Å². The Morgan fingerprint density at radius 3 is 2.61 bits per heavy atom. The van der Waals surface area contributed by atoms with Crippen molar-refractivity contribution in [2.45, 2.75) is 32.9 Å². The van der Waals surface area contributed by atoms with E-state index < -0.39 is 7.60 Å². The standard InChI is InChI=1S/C26H31N6O5P/c1-3-20-9-11-21(12-10-20)26(33)28-13-14-36-38(34,37-22-7-5-4-6-8-22)18-35-19(2)15-32-17-31-23-24(27)29-16-30-25(23)32/h4-12,16-17,19H,3,13-15,18H2,1-2H3,(H,28,33)(H2,27,29,30). The van der Waals surface area contributed by atoms with Gasteiger partial charge in [-0.1, -0.05) is 37.3 Å². The molecule has 0 aliphatic carbocycles. The lowest BCUT2D eigenvalue weighted by Crippen LogP contribution is -2.27. The molecule has 4 aromatic rings. The van der Waals surface area contributed by atoms with Crippen LogP contribution in [0.25, 0.3) is 11.2 Å². The number of anilines is 1. The highest BCUT2D eigenvalue weighted by Crippen LogP contribution is 2.48. The molecule has 11 nitrogen and oxygen atoms in total. The molecule has 0 spiro atoms. The third-order valence-electron chi connectivity index (χ3n) is 5.69. The third-order valence-corrected chi connectivity index (χ3v) is 7.22. The van der Waals surface area contributed by atoms with Crippen LogP contribution in [-0.2, 0) is 26.8 Å². The number of fused-ring (bicyclic) bond motifs is 1. The van der Waals surface area contributed by atoms with Crippen molar-refractivity contribution in [2.24, 2.45) is 0 Å². The van der Waals surface area contributed by atoms with Gasteiger partial charge < -0.3 is 24.9 Å². The summed E-state index contributed by atoms with van der Waals surface area (Å²) < 4.78 is 32.6. The van der Waals surface area contributed by atoms with Gasteiger partial charge in [-0.3, -0.25) is 9.32 Å². The van der Waals surface area contributed by atoms with E-state index in [2.05, 4.69) is 27.2 Å². The molecule has 0 saturated heterocycles. The molecule has 2 aromatic carbocycles. The van der Waals surface area contributed by atoms with Crippen LogP contribution in [0.4, 0.5) is 5.82 Å². The number of nitrogens with zero attached hydrogens (tertiary/aromatic N) is 4. The third kappa shape index (κ3) is 7.16. The van der Waals surface area contributed by atoms with E-state index in [4.69, 9.17) is 19.5 Å². The molecule has 0 aliphatic rings. The number of rotatable bonds is 13. The van der Waals surface area contributed by atoms with Crippen molar-refractivity contribution >= 4 is 30.5 Å². The molecule has 12 heteroatoms. The molecule has 3 N–H and O–H groups in total. The average Bonchev–Trinajstić information content (AvgIpc) is 3.34. The maximum absolute atomic E-state index is 13.6. The molecule has 1 amide bonds. The maximum atomic E-state index is 13.6. The Balaban J connectivity index is 1.34. The van der Waals surface area contributed by atoms with E-state index in [1.54, 1.807) is 47.3 Å². The number of carbonyl (C=O) groups excluding carboxylic acids is 1. The summed E-state index contributed by atoms with van der Waals surface area (Å²) in [5.74, 6) is 0.443.